The van der Waals surface area contributed by atoms with Crippen molar-refractivity contribution in [3.63, 3.8) is 0 Å². The minimum atomic E-state index is -1.25. The third kappa shape index (κ3) is 3.74. The molecule has 32 heavy (non-hydrogen) atoms. The zero-order chi connectivity index (χ0) is 23.0. The van der Waals surface area contributed by atoms with Crippen molar-refractivity contribution >= 4 is 23.8 Å². The zero-order valence-corrected chi connectivity index (χ0v) is 17.4. The van der Waals surface area contributed by atoms with E-state index >= 15 is 0 Å². The van der Waals surface area contributed by atoms with Gasteiger partial charge < -0.3 is 19.0 Å². The van der Waals surface area contributed by atoms with Crippen LogP contribution in [0.2, 0.25) is 0 Å². The van der Waals surface area contributed by atoms with Crippen LogP contribution < -0.4 is 9.47 Å². The molecule has 3 aliphatic rings. The van der Waals surface area contributed by atoms with Gasteiger partial charge in [-0.2, -0.15) is 0 Å². The molecule has 1 fully saturated rings. The van der Waals surface area contributed by atoms with Crippen molar-refractivity contribution in [2.24, 2.45) is 0 Å². The number of nitroso groups, excluding NO2 is 1. The normalized spacial score (nSPS) is 19.8. The van der Waals surface area contributed by atoms with Gasteiger partial charge in [-0.05, 0) is 24.6 Å². The van der Waals surface area contributed by atoms with Crippen LogP contribution in [0.15, 0.2) is 29.5 Å². The summed E-state index contributed by atoms with van der Waals surface area (Å²) in [6, 6.07) is 3.92. The van der Waals surface area contributed by atoms with Crippen molar-refractivity contribution in [2.75, 3.05) is 13.9 Å². The van der Waals surface area contributed by atoms with Gasteiger partial charge in [-0.3, -0.25) is 9.59 Å². The Hall–Kier alpha value is -3.96. The molecule has 1 aromatic rings. The number of carbonyl (C=O) groups excluding carboxylic acids is 4. The third-order valence-electron chi connectivity index (χ3n) is 5.35. The van der Waals surface area contributed by atoms with Crippen LogP contribution in [0.5, 0.6) is 11.5 Å². The molecule has 0 N–H and O–H groups in total. The Bertz CT molecular complexity index is 1050. The lowest BCUT2D eigenvalue weighted by atomic mass is 10.0. The molecule has 1 atom stereocenters. The van der Waals surface area contributed by atoms with Crippen molar-refractivity contribution in [2.45, 2.75) is 38.8 Å². The average molecular weight is 446 g/mol. The molecular formula is C20H20N3O9+. The summed E-state index contributed by atoms with van der Waals surface area (Å²) in [5.41, 5.74) is 0.991. The zero-order valence-electron chi connectivity index (χ0n) is 17.4. The first kappa shape index (κ1) is 21.3. The Balaban J connectivity index is 1.53. The first-order valence-corrected chi connectivity index (χ1v) is 9.78. The van der Waals surface area contributed by atoms with Crippen LogP contribution in [0.4, 0.5) is 0 Å². The largest absolute Gasteiger partial charge is 0.465 e. The first-order chi connectivity index (χ1) is 15.3. The molecule has 0 bridgehead atoms. The van der Waals surface area contributed by atoms with Gasteiger partial charge in [0.25, 0.3) is 17.9 Å². The van der Waals surface area contributed by atoms with Gasteiger partial charge in [-0.15, -0.1) is 10.1 Å². The quantitative estimate of drug-likeness (QED) is 0.350. The average Bonchev–Trinajstić information content (AvgIpc) is 3.42. The van der Waals surface area contributed by atoms with Gasteiger partial charge in [0.15, 0.2) is 11.5 Å². The van der Waals surface area contributed by atoms with Crippen LogP contribution in [-0.2, 0) is 35.3 Å². The van der Waals surface area contributed by atoms with E-state index in [4.69, 9.17) is 19.0 Å². The van der Waals surface area contributed by atoms with Crippen molar-refractivity contribution < 1.29 is 43.1 Å². The van der Waals surface area contributed by atoms with Gasteiger partial charge in [0.2, 0.25) is 6.79 Å². The highest BCUT2D eigenvalue weighted by Gasteiger charge is 2.51. The topological polar surface area (TPSA) is 132 Å². The Kier molecular flexibility index (Phi) is 5.51. The highest BCUT2D eigenvalue weighted by molar-refractivity contribution is 6.01. The van der Waals surface area contributed by atoms with Gasteiger partial charge in [0.1, 0.15) is 23.4 Å². The molecule has 0 aliphatic carbocycles. The number of allylic oxidation sites excluding steroid dienone is 1. The fourth-order valence-electron chi connectivity index (χ4n) is 3.74. The fourth-order valence-corrected chi connectivity index (χ4v) is 3.74. The van der Waals surface area contributed by atoms with Crippen LogP contribution in [0, 0.1) is 4.91 Å². The maximum Gasteiger partial charge on any atom is 0.342 e. The van der Waals surface area contributed by atoms with Gasteiger partial charge in [-0.1, -0.05) is 6.07 Å². The Labute approximate surface area is 181 Å². The summed E-state index contributed by atoms with van der Waals surface area (Å²) in [7, 11) is 1.16. The molecule has 168 valence electrons. The maximum absolute atomic E-state index is 13.1. The van der Waals surface area contributed by atoms with Crippen molar-refractivity contribution in [3.05, 3.63) is 39.9 Å². The van der Waals surface area contributed by atoms with Crippen LogP contribution in [-0.4, -0.2) is 58.6 Å². The standard InChI is InChI=1S/C20H20N3O9/c1-11-19(20(27)29-2)13(8-18(26)32-22-16(24)5-6-17(22)25)23(28)21(11)9-12-3-4-14-15(7-12)31-10-30-14/h3-4,7,13H,5-6,8-10H2,1-2H3/q+1. The lowest BCUT2D eigenvalue weighted by Gasteiger charge is -2.13. The number of rotatable bonds is 6. The summed E-state index contributed by atoms with van der Waals surface area (Å²) >= 11 is 0. The Morgan fingerprint density at radius 3 is 2.53 bits per heavy atom. The number of carbonyl (C=O) groups is 4. The molecule has 12 nitrogen and oxygen atoms in total. The lowest BCUT2D eigenvalue weighted by Crippen LogP contribution is -2.37. The minimum Gasteiger partial charge on any atom is -0.465 e. The monoisotopic (exact) mass is 446 g/mol. The summed E-state index contributed by atoms with van der Waals surface area (Å²) in [6.07, 6.45) is -0.683. The number of amides is 2. The van der Waals surface area contributed by atoms with Gasteiger partial charge in [-0.25, -0.2) is 9.59 Å². The van der Waals surface area contributed by atoms with Crippen molar-refractivity contribution in [1.82, 2.24) is 10.1 Å². The molecule has 4 rings (SSSR count). The molecular weight excluding hydrogens is 426 g/mol. The second-order valence-electron chi connectivity index (χ2n) is 7.30. The van der Waals surface area contributed by atoms with Gasteiger partial charge in [0.05, 0.1) is 17.7 Å². The second-order valence-corrected chi connectivity index (χ2v) is 7.30. The molecule has 1 saturated heterocycles. The summed E-state index contributed by atoms with van der Waals surface area (Å²) in [5.74, 6) is -1.94. The molecule has 12 heteroatoms. The highest BCUT2D eigenvalue weighted by Crippen LogP contribution is 2.35. The smallest absolute Gasteiger partial charge is 0.342 e. The second kappa shape index (κ2) is 8.29. The number of hydrazine groups is 1. The summed E-state index contributed by atoms with van der Waals surface area (Å²) in [5, 5.41) is 1.68. The number of hydroxylamine groups is 2. The number of fused-ring (bicyclic) bond motifs is 1. The van der Waals surface area contributed by atoms with E-state index in [1.165, 1.54) is 5.01 Å². The Morgan fingerprint density at radius 1 is 1.16 bits per heavy atom. The lowest BCUT2D eigenvalue weighted by molar-refractivity contribution is -0.710. The number of ether oxygens (including phenoxy) is 3. The van der Waals surface area contributed by atoms with Crippen LogP contribution in [0.3, 0.4) is 0 Å². The number of nitrogens with zero attached hydrogens (tertiary/aromatic N) is 3. The molecule has 0 aromatic heterocycles. The molecule has 3 heterocycles. The van der Waals surface area contributed by atoms with Crippen molar-refractivity contribution in [3.8, 4) is 11.5 Å². The molecule has 1 aromatic carbocycles. The fraction of sp³-hybridized carbons (Fsp3) is 0.400. The number of hydrogen-bond acceptors (Lipinski definition) is 9. The molecule has 0 radical (unpaired) electrons. The number of benzene rings is 1. The number of hydrogen-bond donors (Lipinski definition) is 0. The SMILES string of the molecule is COC(=O)C1=C(C)N(Cc2ccc3c(c2)OCO3)[N+](=O)C1CC(=O)ON1C(=O)CCC1=O. The predicted molar refractivity (Wildman–Crippen MR) is 102 cm³/mol. The van der Waals surface area contributed by atoms with E-state index in [9.17, 15) is 24.1 Å². The van der Waals surface area contributed by atoms with Crippen molar-refractivity contribution in [1.29, 1.82) is 0 Å². The van der Waals surface area contributed by atoms with Crippen LogP contribution >= 0.6 is 0 Å². The summed E-state index contributed by atoms with van der Waals surface area (Å²) in [6.45, 7) is 1.75. The van der Waals surface area contributed by atoms with Gasteiger partial charge in [0, 0.05) is 12.8 Å². The summed E-state index contributed by atoms with van der Waals surface area (Å²) in [4.78, 5) is 66.5. The summed E-state index contributed by atoms with van der Waals surface area (Å²) < 4.78 is 15.4. The van der Waals surface area contributed by atoms with E-state index in [0.717, 1.165) is 7.11 Å². The van der Waals surface area contributed by atoms with E-state index in [2.05, 4.69) is 0 Å². The van der Waals surface area contributed by atoms with Gasteiger partial charge >= 0.3 is 11.9 Å². The Morgan fingerprint density at radius 2 is 1.84 bits per heavy atom. The third-order valence-corrected chi connectivity index (χ3v) is 5.35. The minimum absolute atomic E-state index is 0.0146. The van der Waals surface area contributed by atoms with E-state index in [0.29, 0.717) is 32.7 Å². The number of imide groups is 1. The maximum atomic E-state index is 13.1. The van der Waals surface area contributed by atoms with Crippen LogP contribution in [0.1, 0.15) is 31.7 Å². The molecule has 1 unspecified atom stereocenters. The molecule has 2 amide bonds. The first-order valence-electron chi connectivity index (χ1n) is 9.78. The highest BCUT2D eigenvalue weighted by atomic mass is 16.7. The predicted octanol–water partition coefficient (Wildman–Crippen LogP) is 0.738. The number of esters is 1. The van der Waals surface area contributed by atoms with E-state index in [-0.39, 0.29) is 31.8 Å². The molecule has 0 saturated carbocycles. The van der Waals surface area contributed by atoms with E-state index in [1.54, 1.807) is 25.1 Å². The molecule has 3 aliphatic heterocycles. The molecule has 0 spiro atoms. The number of methoxy groups -OCH3 is 1. The van der Waals surface area contributed by atoms with Crippen LogP contribution in [0.25, 0.3) is 0 Å². The van der Waals surface area contributed by atoms with E-state index < -0.39 is 36.2 Å². The van der Waals surface area contributed by atoms with E-state index in [1.807, 2.05) is 0 Å².